The van der Waals surface area contributed by atoms with Gasteiger partial charge in [-0.05, 0) is 25.1 Å². The molecule has 0 bridgehead atoms. The molecular formula is C16H12Cl2N2O. The molecule has 0 saturated heterocycles. The molecule has 3 nitrogen and oxygen atoms in total. The largest absolute Gasteiger partial charge is 0.268 e. The topological polar surface area (TPSA) is 37.8 Å². The number of benzene rings is 2. The van der Waals surface area contributed by atoms with Crippen molar-refractivity contribution < 1.29 is 0 Å². The summed E-state index contributed by atoms with van der Waals surface area (Å²) in [4.78, 5) is 11.8. The molecule has 1 aromatic heterocycles. The first-order valence-electron chi connectivity index (χ1n) is 6.39. The fraction of sp³-hybridized carbons (Fsp3) is 0.0625. The highest BCUT2D eigenvalue weighted by molar-refractivity contribution is 6.35. The smallest absolute Gasteiger partial charge is 0.265 e. The minimum absolute atomic E-state index is 0.184. The van der Waals surface area contributed by atoms with Crippen molar-refractivity contribution in [1.82, 2.24) is 9.78 Å². The van der Waals surface area contributed by atoms with Gasteiger partial charge in [0.05, 0.1) is 16.4 Å². The average molecular weight is 319 g/mol. The van der Waals surface area contributed by atoms with Gasteiger partial charge in [-0.15, -0.1) is 0 Å². The highest BCUT2D eigenvalue weighted by Gasteiger charge is 2.11. The molecular weight excluding hydrogens is 307 g/mol. The van der Waals surface area contributed by atoms with Crippen molar-refractivity contribution in [2.75, 3.05) is 0 Å². The Balaban J connectivity index is 2.20. The molecule has 1 N–H and O–H groups in total. The van der Waals surface area contributed by atoms with E-state index in [9.17, 15) is 4.79 Å². The van der Waals surface area contributed by atoms with Crippen LogP contribution in [-0.4, -0.2) is 9.78 Å². The second-order valence-corrected chi connectivity index (χ2v) is 5.65. The molecule has 3 rings (SSSR count). The van der Waals surface area contributed by atoms with Crippen LogP contribution in [-0.2, 0) is 0 Å². The molecule has 0 amide bonds. The zero-order valence-electron chi connectivity index (χ0n) is 11.2. The van der Waals surface area contributed by atoms with E-state index in [1.54, 1.807) is 28.9 Å². The molecule has 0 aliphatic heterocycles. The Bertz CT molecular complexity index is 847. The van der Waals surface area contributed by atoms with Crippen molar-refractivity contribution in [3.8, 4) is 16.9 Å². The maximum absolute atomic E-state index is 11.8. The van der Waals surface area contributed by atoms with E-state index in [-0.39, 0.29) is 5.56 Å². The van der Waals surface area contributed by atoms with E-state index >= 15 is 0 Å². The van der Waals surface area contributed by atoms with Crippen molar-refractivity contribution in [3.63, 3.8) is 0 Å². The van der Waals surface area contributed by atoms with Crippen molar-refractivity contribution in [1.29, 1.82) is 0 Å². The summed E-state index contributed by atoms with van der Waals surface area (Å²) in [6, 6.07) is 14.7. The fourth-order valence-corrected chi connectivity index (χ4v) is 2.67. The Kier molecular flexibility index (Phi) is 3.62. The normalized spacial score (nSPS) is 10.8. The Hall–Kier alpha value is -1.97. The molecule has 0 radical (unpaired) electrons. The molecule has 0 saturated carbocycles. The van der Waals surface area contributed by atoms with Gasteiger partial charge in [0.1, 0.15) is 0 Å². The average Bonchev–Trinajstić information content (AvgIpc) is 2.81. The molecule has 3 aromatic rings. The predicted molar refractivity (Wildman–Crippen MR) is 86.6 cm³/mol. The molecule has 0 aliphatic rings. The van der Waals surface area contributed by atoms with Crippen LogP contribution in [0.2, 0.25) is 10.0 Å². The fourth-order valence-electron chi connectivity index (χ4n) is 2.18. The molecule has 21 heavy (non-hydrogen) atoms. The van der Waals surface area contributed by atoms with Crippen LogP contribution in [0.3, 0.4) is 0 Å². The summed E-state index contributed by atoms with van der Waals surface area (Å²) in [5.41, 5.74) is 3.34. The third-order valence-electron chi connectivity index (χ3n) is 3.23. The Morgan fingerprint density at radius 2 is 1.71 bits per heavy atom. The summed E-state index contributed by atoms with van der Waals surface area (Å²) >= 11 is 12.1. The maximum Gasteiger partial charge on any atom is 0.265 e. The number of halogens is 2. The van der Waals surface area contributed by atoms with Crippen LogP contribution >= 0.6 is 23.2 Å². The summed E-state index contributed by atoms with van der Waals surface area (Å²) in [6.07, 6.45) is 0. The zero-order valence-corrected chi connectivity index (χ0v) is 12.7. The molecule has 0 fully saturated rings. The van der Waals surface area contributed by atoms with Crippen LogP contribution in [0.5, 0.6) is 0 Å². The Morgan fingerprint density at radius 1 is 1.00 bits per heavy atom. The number of hydrogen-bond donors (Lipinski definition) is 1. The van der Waals surface area contributed by atoms with Gasteiger partial charge in [0.2, 0.25) is 0 Å². The van der Waals surface area contributed by atoms with Crippen LogP contribution in [0.4, 0.5) is 0 Å². The lowest BCUT2D eigenvalue weighted by Gasteiger charge is -2.10. The predicted octanol–water partition coefficient (Wildman–Crippen LogP) is 4.45. The first kappa shape index (κ1) is 14.0. The minimum Gasteiger partial charge on any atom is -0.268 e. The lowest BCUT2D eigenvalue weighted by Crippen LogP contribution is -2.04. The van der Waals surface area contributed by atoms with E-state index in [1.807, 2.05) is 31.2 Å². The summed E-state index contributed by atoms with van der Waals surface area (Å²) in [5, 5.41) is 3.79. The first-order valence-corrected chi connectivity index (χ1v) is 7.15. The molecule has 5 heteroatoms. The lowest BCUT2D eigenvalue weighted by molar-refractivity contribution is 0.871. The molecule has 0 aliphatic carbocycles. The number of nitrogens with zero attached hydrogens (tertiary/aromatic N) is 1. The first-order chi connectivity index (χ1) is 10.0. The third-order valence-corrected chi connectivity index (χ3v) is 3.77. The van der Waals surface area contributed by atoms with Crippen molar-refractivity contribution in [2.24, 2.45) is 0 Å². The quantitative estimate of drug-likeness (QED) is 0.744. The van der Waals surface area contributed by atoms with Crippen LogP contribution in [0.1, 0.15) is 5.56 Å². The van der Waals surface area contributed by atoms with Gasteiger partial charge in [-0.3, -0.25) is 14.6 Å². The Morgan fingerprint density at radius 3 is 2.38 bits per heavy atom. The maximum atomic E-state index is 11.8. The van der Waals surface area contributed by atoms with Gasteiger partial charge >= 0.3 is 0 Å². The van der Waals surface area contributed by atoms with E-state index in [2.05, 4.69) is 5.10 Å². The number of rotatable bonds is 2. The van der Waals surface area contributed by atoms with Gasteiger partial charge in [0.15, 0.2) is 0 Å². The number of H-pyrrole nitrogens is 1. The van der Waals surface area contributed by atoms with Crippen LogP contribution < -0.4 is 5.56 Å². The molecule has 0 spiro atoms. The number of aromatic nitrogens is 2. The van der Waals surface area contributed by atoms with Gasteiger partial charge in [-0.1, -0.05) is 53.0 Å². The second kappa shape index (κ2) is 5.43. The third kappa shape index (κ3) is 2.75. The van der Waals surface area contributed by atoms with Crippen LogP contribution in [0, 0.1) is 6.92 Å². The highest BCUT2D eigenvalue weighted by Crippen LogP contribution is 2.28. The summed E-state index contributed by atoms with van der Waals surface area (Å²) in [7, 11) is 0. The second-order valence-electron chi connectivity index (χ2n) is 4.80. The number of aromatic amines is 1. The van der Waals surface area contributed by atoms with E-state index in [0.29, 0.717) is 15.7 Å². The Labute approximate surface area is 131 Å². The minimum atomic E-state index is -0.184. The monoisotopic (exact) mass is 318 g/mol. The van der Waals surface area contributed by atoms with Crippen molar-refractivity contribution in [2.45, 2.75) is 6.92 Å². The van der Waals surface area contributed by atoms with Crippen LogP contribution in [0.25, 0.3) is 16.9 Å². The number of hydrogen-bond acceptors (Lipinski definition) is 1. The van der Waals surface area contributed by atoms with Gasteiger partial charge in [0, 0.05) is 16.7 Å². The van der Waals surface area contributed by atoms with Crippen molar-refractivity contribution >= 4 is 23.2 Å². The molecule has 1 heterocycles. The van der Waals surface area contributed by atoms with Gasteiger partial charge in [0.25, 0.3) is 5.56 Å². The zero-order chi connectivity index (χ0) is 15.0. The SMILES string of the molecule is Cc1ccc(-c2cc(=O)[nH]n2-c2ccc(Cl)cc2Cl)cc1. The van der Waals surface area contributed by atoms with E-state index in [0.717, 1.165) is 16.8 Å². The highest BCUT2D eigenvalue weighted by atomic mass is 35.5. The van der Waals surface area contributed by atoms with E-state index < -0.39 is 0 Å². The van der Waals surface area contributed by atoms with Crippen molar-refractivity contribution in [3.05, 3.63) is 74.5 Å². The number of aryl methyl sites for hydroxylation is 1. The molecule has 0 atom stereocenters. The lowest BCUT2D eigenvalue weighted by atomic mass is 10.1. The van der Waals surface area contributed by atoms with Gasteiger partial charge in [-0.2, -0.15) is 0 Å². The summed E-state index contributed by atoms with van der Waals surface area (Å²) < 4.78 is 1.67. The van der Waals surface area contributed by atoms with Gasteiger partial charge < -0.3 is 0 Å². The summed E-state index contributed by atoms with van der Waals surface area (Å²) in [6.45, 7) is 2.02. The molecule has 106 valence electrons. The number of nitrogens with one attached hydrogen (secondary N) is 1. The molecule has 2 aromatic carbocycles. The van der Waals surface area contributed by atoms with Gasteiger partial charge in [-0.25, -0.2) is 0 Å². The molecule has 0 unspecified atom stereocenters. The van der Waals surface area contributed by atoms with Crippen LogP contribution in [0.15, 0.2) is 53.3 Å². The standard InChI is InChI=1S/C16H12Cl2N2O/c1-10-2-4-11(5-3-10)15-9-16(21)19-20(15)14-7-6-12(17)8-13(14)18/h2-9H,1H3,(H,19,21). The van der Waals surface area contributed by atoms with E-state index in [1.165, 1.54) is 0 Å². The summed E-state index contributed by atoms with van der Waals surface area (Å²) in [5.74, 6) is 0. The van der Waals surface area contributed by atoms with E-state index in [4.69, 9.17) is 23.2 Å².